The van der Waals surface area contributed by atoms with Crippen LogP contribution in [0.3, 0.4) is 0 Å². The Morgan fingerprint density at radius 1 is 1.05 bits per heavy atom. The van der Waals surface area contributed by atoms with Gasteiger partial charge in [0.1, 0.15) is 12.1 Å². The molecular weight excluding hydrogens is 276 g/mol. The monoisotopic (exact) mass is 286 g/mol. The summed E-state index contributed by atoms with van der Waals surface area (Å²) in [5.74, 6) is -1.32. The summed E-state index contributed by atoms with van der Waals surface area (Å²) < 4.78 is 9.14. The third-order valence-electron chi connectivity index (χ3n) is 2.28. The second kappa shape index (κ2) is 7.26. The zero-order chi connectivity index (χ0) is 15.8. The normalized spacial score (nSPS) is 8.76. The van der Waals surface area contributed by atoms with Gasteiger partial charge < -0.3 is 9.47 Å². The summed E-state index contributed by atoms with van der Waals surface area (Å²) in [4.78, 5) is 23.1. The molecule has 0 spiro atoms. The minimum Gasteiger partial charge on any atom is -0.465 e. The highest BCUT2D eigenvalue weighted by Crippen LogP contribution is 2.17. The smallest absolute Gasteiger partial charge is 0.337 e. The molecule has 0 aliphatic rings. The highest BCUT2D eigenvalue weighted by Gasteiger charge is 2.13. The maximum absolute atomic E-state index is 11.5. The van der Waals surface area contributed by atoms with Crippen LogP contribution < -0.4 is 5.43 Å². The van der Waals surface area contributed by atoms with Gasteiger partial charge in [0.15, 0.2) is 0 Å². The molecule has 0 saturated heterocycles. The highest BCUT2D eigenvalue weighted by molar-refractivity contribution is 6.10. The molecule has 21 heavy (non-hydrogen) atoms. The Morgan fingerprint density at radius 2 is 1.52 bits per heavy atom. The van der Waals surface area contributed by atoms with E-state index in [1.54, 1.807) is 12.1 Å². The number of nitriles is 2. The van der Waals surface area contributed by atoms with Crippen molar-refractivity contribution in [3.8, 4) is 12.1 Å². The lowest BCUT2D eigenvalue weighted by molar-refractivity contribution is 0.0599. The number of nitrogens with one attached hydrogen (secondary N) is 1. The van der Waals surface area contributed by atoms with Crippen LogP contribution in [-0.4, -0.2) is 31.9 Å². The number of anilines is 1. The first-order valence-corrected chi connectivity index (χ1v) is 5.51. The van der Waals surface area contributed by atoms with Crippen LogP contribution in [0.4, 0.5) is 5.69 Å². The summed E-state index contributed by atoms with van der Waals surface area (Å²) in [5.41, 5.74) is 2.41. The summed E-state index contributed by atoms with van der Waals surface area (Å²) >= 11 is 0. The summed E-state index contributed by atoms with van der Waals surface area (Å²) in [6.45, 7) is 0. The van der Waals surface area contributed by atoms with Gasteiger partial charge in [-0.3, -0.25) is 5.43 Å². The molecular formula is C13H10N4O4. The van der Waals surface area contributed by atoms with Crippen LogP contribution in [0, 0.1) is 22.7 Å². The molecule has 0 atom stereocenters. The number of carbonyl (C=O) groups is 2. The zero-order valence-electron chi connectivity index (χ0n) is 11.2. The van der Waals surface area contributed by atoms with E-state index in [-0.39, 0.29) is 16.8 Å². The molecule has 0 bridgehead atoms. The first-order valence-electron chi connectivity index (χ1n) is 5.51. The topological polar surface area (TPSA) is 125 Å². The molecule has 1 aromatic rings. The van der Waals surface area contributed by atoms with Gasteiger partial charge in [-0.15, -0.1) is 0 Å². The van der Waals surface area contributed by atoms with E-state index < -0.39 is 17.7 Å². The van der Waals surface area contributed by atoms with Crippen molar-refractivity contribution in [2.45, 2.75) is 0 Å². The fourth-order valence-electron chi connectivity index (χ4n) is 1.36. The minimum absolute atomic E-state index is 0.0913. The average molecular weight is 286 g/mol. The molecule has 1 N–H and O–H groups in total. The van der Waals surface area contributed by atoms with Gasteiger partial charge in [-0.05, 0) is 18.2 Å². The van der Waals surface area contributed by atoms with E-state index in [0.29, 0.717) is 0 Å². The second-order valence-electron chi connectivity index (χ2n) is 3.58. The largest absolute Gasteiger partial charge is 0.465 e. The van der Waals surface area contributed by atoms with E-state index in [4.69, 9.17) is 10.5 Å². The van der Waals surface area contributed by atoms with Crippen molar-refractivity contribution in [1.29, 1.82) is 10.5 Å². The van der Waals surface area contributed by atoms with Crippen LogP contribution >= 0.6 is 0 Å². The van der Waals surface area contributed by atoms with Gasteiger partial charge in [0.2, 0.25) is 5.71 Å². The van der Waals surface area contributed by atoms with E-state index in [1.165, 1.54) is 32.4 Å². The van der Waals surface area contributed by atoms with Crippen molar-refractivity contribution in [1.82, 2.24) is 0 Å². The highest BCUT2D eigenvalue weighted by atomic mass is 16.5. The Bertz CT molecular complexity index is 632. The SMILES string of the molecule is COC(=O)c1cc(NN=C(C#N)C#N)cc(C(=O)OC)c1. The third-order valence-corrected chi connectivity index (χ3v) is 2.28. The summed E-state index contributed by atoms with van der Waals surface area (Å²) in [6, 6.07) is 7.13. The maximum atomic E-state index is 11.5. The van der Waals surface area contributed by atoms with Crippen LogP contribution in [0.1, 0.15) is 20.7 Å². The van der Waals surface area contributed by atoms with Crippen molar-refractivity contribution in [2.24, 2.45) is 5.10 Å². The van der Waals surface area contributed by atoms with Crippen LogP contribution in [0.5, 0.6) is 0 Å². The lowest BCUT2D eigenvalue weighted by Crippen LogP contribution is -2.08. The molecule has 106 valence electrons. The molecule has 0 fully saturated rings. The first kappa shape index (κ1) is 15.7. The van der Waals surface area contributed by atoms with Gasteiger partial charge in [0, 0.05) is 0 Å². The van der Waals surface area contributed by atoms with Gasteiger partial charge in [-0.25, -0.2) is 9.59 Å². The van der Waals surface area contributed by atoms with Gasteiger partial charge in [-0.1, -0.05) is 0 Å². The van der Waals surface area contributed by atoms with Gasteiger partial charge >= 0.3 is 11.9 Å². The number of hydrogen-bond acceptors (Lipinski definition) is 8. The van der Waals surface area contributed by atoms with Crippen molar-refractivity contribution in [3.05, 3.63) is 29.3 Å². The molecule has 0 aliphatic heterocycles. The van der Waals surface area contributed by atoms with Crippen molar-refractivity contribution >= 4 is 23.3 Å². The number of nitrogens with zero attached hydrogens (tertiary/aromatic N) is 3. The minimum atomic E-state index is -0.659. The zero-order valence-corrected chi connectivity index (χ0v) is 11.2. The summed E-state index contributed by atoms with van der Waals surface area (Å²) in [6.07, 6.45) is 0. The van der Waals surface area contributed by atoms with E-state index in [9.17, 15) is 9.59 Å². The predicted octanol–water partition coefficient (Wildman–Crippen LogP) is 1.07. The first-order chi connectivity index (χ1) is 10.0. The van der Waals surface area contributed by atoms with Gasteiger partial charge in [-0.2, -0.15) is 15.6 Å². The van der Waals surface area contributed by atoms with Crippen LogP contribution in [0.2, 0.25) is 0 Å². The molecule has 0 radical (unpaired) electrons. The van der Waals surface area contributed by atoms with Crippen molar-refractivity contribution < 1.29 is 19.1 Å². The fraction of sp³-hybridized carbons (Fsp3) is 0.154. The Labute approximate surface area is 120 Å². The van der Waals surface area contributed by atoms with Crippen LogP contribution in [0.15, 0.2) is 23.3 Å². The van der Waals surface area contributed by atoms with Crippen LogP contribution in [0.25, 0.3) is 0 Å². The lowest BCUT2D eigenvalue weighted by Gasteiger charge is -2.07. The number of methoxy groups -OCH3 is 2. The summed E-state index contributed by atoms with van der Waals surface area (Å²) in [7, 11) is 2.39. The number of rotatable bonds is 4. The molecule has 0 aromatic heterocycles. The fourth-order valence-corrected chi connectivity index (χ4v) is 1.36. The van der Waals surface area contributed by atoms with E-state index in [1.807, 2.05) is 0 Å². The Kier molecular flexibility index (Phi) is 5.42. The second-order valence-corrected chi connectivity index (χ2v) is 3.58. The molecule has 0 unspecified atom stereocenters. The number of benzene rings is 1. The molecule has 1 rings (SSSR count). The van der Waals surface area contributed by atoms with Crippen molar-refractivity contribution in [2.75, 3.05) is 19.6 Å². The molecule has 0 amide bonds. The standard InChI is InChI=1S/C13H10N4O4/c1-20-12(18)8-3-9(13(19)21-2)5-10(4-8)16-17-11(6-14)7-15/h3-5,16H,1-2H3. The average Bonchev–Trinajstić information content (AvgIpc) is 2.53. The molecule has 0 aliphatic carbocycles. The molecule has 1 aromatic carbocycles. The van der Waals surface area contributed by atoms with Crippen molar-refractivity contribution in [3.63, 3.8) is 0 Å². The van der Waals surface area contributed by atoms with E-state index in [0.717, 1.165) is 0 Å². The molecule has 8 heteroatoms. The summed E-state index contributed by atoms with van der Waals surface area (Å²) in [5, 5.41) is 20.7. The number of hydrogen-bond donors (Lipinski definition) is 1. The van der Waals surface area contributed by atoms with E-state index in [2.05, 4.69) is 20.0 Å². The molecule has 8 nitrogen and oxygen atoms in total. The van der Waals surface area contributed by atoms with Gasteiger partial charge in [0.05, 0.1) is 31.0 Å². The quantitative estimate of drug-likeness (QED) is 0.498. The predicted molar refractivity (Wildman–Crippen MR) is 71.4 cm³/mol. The lowest BCUT2D eigenvalue weighted by atomic mass is 10.1. The Morgan fingerprint density at radius 3 is 1.90 bits per heavy atom. The maximum Gasteiger partial charge on any atom is 0.337 e. The number of hydrazone groups is 1. The Hall–Kier alpha value is -3.39. The third kappa shape index (κ3) is 4.04. The molecule has 0 saturated carbocycles. The van der Waals surface area contributed by atoms with Crippen LogP contribution in [-0.2, 0) is 9.47 Å². The van der Waals surface area contributed by atoms with E-state index >= 15 is 0 Å². The Balaban J connectivity index is 3.23. The number of carbonyl (C=O) groups excluding carboxylic acids is 2. The number of esters is 2. The van der Waals surface area contributed by atoms with Gasteiger partial charge in [0.25, 0.3) is 0 Å². The number of ether oxygens (including phenoxy) is 2. The molecule has 0 heterocycles.